The smallest absolute Gasteiger partial charge is 0.410 e. The first-order chi connectivity index (χ1) is 8.46. The zero-order valence-corrected chi connectivity index (χ0v) is 12.5. The van der Waals surface area contributed by atoms with E-state index in [4.69, 9.17) is 4.74 Å². The highest BCUT2D eigenvalue weighted by Gasteiger charge is 2.47. The third-order valence-electron chi connectivity index (χ3n) is 2.62. The number of aliphatic hydroxyl groups is 1. The molecule has 0 saturated carbocycles. The summed E-state index contributed by atoms with van der Waals surface area (Å²) in [7, 11) is -3.56. The summed E-state index contributed by atoms with van der Waals surface area (Å²) in [5.41, 5.74) is -1.31. The Morgan fingerprint density at radius 2 is 1.89 bits per heavy atom. The standard InChI is InChI=1S/C11H21NO6S/c1-10(2,3)18-9(14)12-5-11(6-12,7-13)8-17-19(4,15)16/h13H,5-8H2,1-4H3. The molecule has 0 aromatic carbocycles. The largest absolute Gasteiger partial charge is 0.444 e. The Morgan fingerprint density at radius 1 is 1.37 bits per heavy atom. The fourth-order valence-electron chi connectivity index (χ4n) is 1.69. The molecule has 7 nitrogen and oxygen atoms in total. The predicted octanol–water partition coefficient (Wildman–Crippen LogP) is 0.192. The predicted molar refractivity (Wildman–Crippen MR) is 68.1 cm³/mol. The van der Waals surface area contributed by atoms with Gasteiger partial charge in [-0.05, 0) is 20.8 Å². The molecule has 0 radical (unpaired) electrons. The van der Waals surface area contributed by atoms with Crippen LogP contribution in [0.1, 0.15) is 20.8 Å². The average Bonchev–Trinajstić information content (AvgIpc) is 2.11. The van der Waals surface area contributed by atoms with Crippen molar-refractivity contribution in [3.63, 3.8) is 0 Å². The fraction of sp³-hybridized carbons (Fsp3) is 0.909. The summed E-state index contributed by atoms with van der Waals surface area (Å²) in [5.74, 6) is 0. The number of rotatable bonds is 4. The summed E-state index contributed by atoms with van der Waals surface area (Å²) < 4.78 is 31.7. The number of hydrogen-bond donors (Lipinski definition) is 1. The Bertz CT molecular complexity index is 433. The van der Waals surface area contributed by atoms with Crippen LogP contribution >= 0.6 is 0 Å². The lowest BCUT2D eigenvalue weighted by molar-refractivity contribution is -0.0731. The van der Waals surface area contributed by atoms with Gasteiger partial charge in [0.25, 0.3) is 10.1 Å². The minimum absolute atomic E-state index is 0.137. The van der Waals surface area contributed by atoms with Crippen molar-refractivity contribution in [2.45, 2.75) is 26.4 Å². The van der Waals surface area contributed by atoms with Gasteiger partial charge in [0.2, 0.25) is 0 Å². The number of aliphatic hydroxyl groups excluding tert-OH is 1. The molecule has 1 aliphatic rings. The van der Waals surface area contributed by atoms with E-state index in [-0.39, 0.29) is 26.3 Å². The van der Waals surface area contributed by atoms with Crippen molar-refractivity contribution in [2.24, 2.45) is 5.41 Å². The van der Waals surface area contributed by atoms with Crippen LogP contribution in [0.15, 0.2) is 0 Å². The van der Waals surface area contributed by atoms with E-state index < -0.39 is 27.2 Å². The lowest BCUT2D eigenvalue weighted by Crippen LogP contribution is -2.63. The highest BCUT2D eigenvalue weighted by molar-refractivity contribution is 7.85. The normalized spacial score (nSPS) is 18.9. The zero-order valence-electron chi connectivity index (χ0n) is 11.7. The molecule has 0 aromatic rings. The van der Waals surface area contributed by atoms with Crippen molar-refractivity contribution in [3.05, 3.63) is 0 Å². The van der Waals surface area contributed by atoms with Gasteiger partial charge in [-0.25, -0.2) is 4.79 Å². The molecule has 1 saturated heterocycles. The number of carbonyl (C=O) groups excluding carboxylic acids is 1. The summed E-state index contributed by atoms with van der Waals surface area (Å²) in [5, 5.41) is 9.31. The van der Waals surface area contributed by atoms with E-state index in [0.29, 0.717) is 0 Å². The first kappa shape index (κ1) is 16.2. The minimum Gasteiger partial charge on any atom is -0.444 e. The van der Waals surface area contributed by atoms with Crippen LogP contribution in [0.3, 0.4) is 0 Å². The van der Waals surface area contributed by atoms with Crippen LogP contribution in [0, 0.1) is 5.41 Å². The molecule has 1 heterocycles. The first-order valence-electron chi connectivity index (χ1n) is 5.90. The van der Waals surface area contributed by atoms with Crippen LogP contribution < -0.4 is 0 Å². The molecule has 1 rings (SSSR count). The summed E-state index contributed by atoms with van der Waals surface area (Å²) in [4.78, 5) is 13.1. The molecule has 1 fully saturated rings. The van der Waals surface area contributed by atoms with Crippen molar-refractivity contribution < 1.29 is 27.2 Å². The molecule has 1 amide bonds. The summed E-state index contributed by atoms with van der Waals surface area (Å²) in [6.45, 7) is 5.33. The number of likely N-dealkylation sites (tertiary alicyclic amines) is 1. The van der Waals surface area contributed by atoms with Crippen molar-refractivity contribution >= 4 is 16.2 Å². The third-order valence-corrected chi connectivity index (χ3v) is 3.16. The maximum absolute atomic E-state index is 11.7. The van der Waals surface area contributed by atoms with Gasteiger partial charge in [-0.1, -0.05) is 0 Å². The van der Waals surface area contributed by atoms with Crippen LogP contribution in [-0.2, 0) is 19.0 Å². The van der Waals surface area contributed by atoms with Gasteiger partial charge >= 0.3 is 6.09 Å². The van der Waals surface area contributed by atoms with E-state index in [1.807, 2.05) is 0 Å². The van der Waals surface area contributed by atoms with Crippen molar-refractivity contribution in [1.29, 1.82) is 0 Å². The quantitative estimate of drug-likeness (QED) is 0.744. The second-order valence-corrected chi connectivity index (χ2v) is 7.60. The molecule has 0 atom stereocenters. The maximum atomic E-state index is 11.7. The lowest BCUT2D eigenvalue weighted by Gasteiger charge is -2.48. The van der Waals surface area contributed by atoms with Gasteiger partial charge in [-0.15, -0.1) is 0 Å². The topological polar surface area (TPSA) is 93.1 Å². The molecule has 112 valence electrons. The molecule has 0 unspecified atom stereocenters. The Hall–Kier alpha value is -0.860. The van der Waals surface area contributed by atoms with Gasteiger partial charge in [0.15, 0.2) is 0 Å². The second kappa shape index (κ2) is 5.26. The monoisotopic (exact) mass is 295 g/mol. The van der Waals surface area contributed by atoms with Gasteiger partial charge in [0.1, 0.15) is 5.60 Å². The van der Waals surface area contributed by atoms with Crippen LogP contribution in [0.25, 0.3) is 0 Å². The molecule has 0 aliphatic carbocycles. The van der Waals surface area contributed by atoms with Gasteiger partial charge in [-0.3, -0.25) is 4.18 Å². The Labute approximate surface area is 113 Å². The second-order valence-electron chi connectivity index (χ2n) is 5.96. The minimum atomic E-state index is -3.56. The van der Waals surface area contributed by atoms with E-state index in [2.05, 4.69) is 4.18 Å². The van der Waals surface area contributed by atoms with E-state index in [0.717, 1.165) is 6.26 Å². The summed E-state index contributed by atoms with van der Waals surface area (Å²) in [6.07, 6.45) is 0.471. The molecule has 0 bridgehead atoms. The highest BCUT2D eigenvalue weighted by Crippen LogP contribution is 2.32. The van der Waals surface area contributed by atoms with E-state index in [1.165, 1.54) is 4.90 Å². The number of hydrogen-bond acceptors (Lipinski definition) is 6. The molecule has 8 heteroatoms. The van der Waals surface area contributed by atoms with E-state index in [1.54, 1.807) is 20.8 Å². The number of amides is 1. The molecule has 1 aliphatic heterocycles. The number of ether oxygens (including phenoxy) is 1. The van der Waals surface area contributed by atoms with E-state index in [9.17, 15) is 18.3 Å². The van der Waals surface area contributed by atoms with Gasteiger partial charge in [0, 0.05) is 13.1 Å². The van der Waals surface area contributed by atoms with E-state index >= 15 is 0 Å². The van der Waals surface area contributed by atoms with Crippen LogP contribution in [0.4, 0.5) is 4.79 Å². The molecule has 19 heavy (non-hydrogen) atoms. The van der Waals surface area contributed by atoms with Crippen LogP contribution in [-0.4, -0.2) is 62.7 Å². The Kier molecular flexibility index (Phi) is 4.48. The number of nitrogens with zero attached hydrogens (tertiary/aromatic N) is 1. The Balaban J connectivity index is 2.50. The summed E-state index contributed by atoms with van der Waals surface area (Å²) >= 11 is 0. The molecule has 0 aromatic heterocycles. The zero-order chi connectivity index (χ0) is 14.9. The number of carbonyl (C=O) groups is 1. The van der Waals surface area contributed by atoms with Crippen LogP contribution in [0.5, 0.6) is 0 Å². The van der Waals surface area contributed by atoms with Gasteiger partial charge in [0.05, 0.1) is 24.9 Å². The average molecular weight is 295 g/mol. The first-order valence-corrected chi connectivity index (χ1v) is 7.71. The van der Waals surface area contributed by atoms with Gasteiger partial charge in [-0.2, -0.15) is 8.42 Å². The van der Waals surface area contributed by atoms with Crippen LogP contribution in [0.2, 0.25) is 0 Å². The highest BCUT2D eigenvalue weighted by atomic mass is 32.2. The SMILES string of the molecule is CC(C)(C)OC(=O)N1CC(CO)(COS(C)(=O)=O)C1. The lowest BCUT2D eigenvalue weighted by atomic mass is 9.82. The maximum Gasteiger partial charge on any atom is 0.410 e. The molecular formula is C11H21NO6S. The van der Waals surface area contributed by atoms with Crippen molar-refractivity contribution in [3.8, 4) is 0 Å². The molecular weight excluding hydrogens is 274 g/mol. The summed E-state index contributed by atoms with van der Waals surface area (Å²) in [6, 6.07) is 0. The van der Waals surface area contributed by atoms with Gasteiger partial charge < -0.3 is 14.7 Å². The fourth-order valence-corrected chi connectivity index (χ4v) is 2.15. The van der Waals surface area contributed by atoms with Crippen molar-refractivity contribution in [1.82, 2.24) is 4.90 Å². The van der Waals surface area contributed by atoms with Crippen molar-refractivity contribution in [2.75, 3.05) is 32.6 Å². The third kappa shape index (κ3) is 4.96. The molecule has 1 N–H and O–H groups in total. The Morgan fingerprint density at radius 3 is 2.26 bits per heavy atom. The molecule has 0 spiro atoms.